The van der Waals surface area contributed by atoms with Crippen molar-refractivity contribution >= 4 is 29.0 Å². The van der Waals surface area contributed by atoms with Crippen LogP contribution >= 0.6 is 12.2 Å². The largest absolute Gasteiger partial charge is 0.393 e. The van der Waals surface area contributed by atoms with Gasteiger partial charge in [-0.1, -0.05) is 12.2 Å². The van der Waals surface area contributed by atoms with Crippen molar-refractivity contribution in [3.63, 3.8) is 0 Å². The Labute approximate surface area is 88.6 Å². The molecule has 2 amide bonds. The van der Waals surface area contributed by atoms with E-state index >= 15 is 0 Å². The highest BCUT2D eigenvalue weighted by Crippen LogP contribution is 1.90. The van der Waals surface area contributed by atoms with Gasteiger partial charge in [-0.15, -0.1) is 0 Å². The van der Waals surface area contributed by atoms with Crippen molar-refractivity contribution in [3.05, 3.63) is 0 Å². The lowest BCUT2D eigenvalue weighted by molar-refractivity contribution is -0.133. The molecule has 1 unspecified atom stereocenters. The summed E-state index contributed by atoms with van der Waals surface area (Å²) in [4.78, 5) is 24.0. The average molecular weight is 217 g/mol. The Kier molecular flexibility index (Phi) is 5.07. The van der Waals surface area contributed by atoms with Gasteiger partial charge >= 0.3 is 0 Å². The van der Waals surface area contributed by atoms with Gasteiger partial charge in [-0.3, -0.25) is 9.59 Å². The zero-order valence-corrected chi connectivity index (χ0v) is 9.35. The third-order valence-corrected chi connectivity index (χ3v) is 1.67. The predicted molar refractivity (Wildman–Crippen MR) is 57.7 cm³/mol. The number of hydrogen-bond acceptors (Lipinski definition) is 3. The van der Waals surface area contributed by atoms with Crippen LogP contribution in [0, 0.1) is 0 Å². The van der Waals surface area contributed by atoms with E-state index in [9.17, 15) is 9.59 Å². The molecule has 80 valence electrons. The van der Waals surface area contributed by atoms with Crippen LogP contribution in [0.4, 0.5) is 0 Å². The maximum absolute atomic E-state index is 11.3. The highest BCUT2D eigenvalue weighted by molar-refractivity contribution is 7.80. The van der Waals surface area contributed by atoms with Crippen molar-refractivity contribution in [1.29, 1.82) is 0 Å². The Morgan fingerprint density at radius 3 is 2.36 bits per heavy atom. The molecule has 0 radical (unpaired) electrons. The van der Waals surface area contributed by atoms with Gasteiger partial charge in [0.25, 0.3) is 0 Å². The summed E-state index contributed by atoms with van der Waals surface area (Å²) < 4.78 is 0. The number of carbonyl (C=O) groups excluding carboxylic acids is 2. The van der Waals surface area contributed by atoms with E-state index < -0.39 is 6.04 Å². The molecule has 1 atom stereocenters. The molecule has 3 N–H and O–H groups in total. The number of nitrogens with one attached hydrogen (secondary N) is 1. The van der Waals surface area contributed by atoms with E-state index in [1.165, 1.54) is 4.90 Å². The fourth-order valence-corrected chi connectivity index (χ4v) is 1.03. The number of likely N-dealkylation sites (N-methyl/N-ethyl adjacent to an activating group) is 1. The number of carbonyl (C=O) groups is 2. The summed E-state index contributed by atoms with van der Waals surface area (Å²) in [5.41, 5.74) is 5.18. The van der Waals surface area contributed by atoms with Gasteiger partial charge in [-0.2, -0.15) is 0 Å². The molecule has 0 saturated heterocycles. The van der Waals surface area contributed by atoms with Crippen LogP contribution < -0.4 is 11.1 Å². The molecule has 0 aromatic carbocycles. The number of rotatable bonds is 4. The van der Waals surface area contributed by atoms with Gasteiger partial charge in [0.1, 0.15) is 6.04 Å². The first kappa shape index (κ1) is 12.8. The van der Waals surface area contributed by atoms with E-state index in [0.29, 0.717) is 0 Å². The van der Waals surface area contributed by atoms with Gasteiger partial charge in [0.15, 0.2) is 0 Å². The summed E-state index contributed by atoms with van der Waals surface area (Å²) in [7, 11) is 3.25. The van der Waals surface area contributed by atoms with Gasteiger partial charge in [0.05, 0.1) is 11.4 Å². The lowest BCUT2D eigenvalue weighted by atomic mass is 10.3. The van der Waals surface area contributed by atoms with Crippen LogP contribution in [0.3, 0.4) is 0 Å². The Balaban J connectivity index is 4.06. The smallest absolute Gasteiger partial charge is 0.244 e. The molecule has 0 spiro atoms. The molecule has 5 nitrogen and oxygen atoms in total. The molecule has 0 aliphatic rings. The van der Waals surface area contributed by atoms with E-state index in [1.54, 1.807) is 21.0 Å². The van der Waals surface area contributed by atoms with Crippen molar-refractivity contribution in [2.24, 2.45) is 5.73 Å². The van der Waals surface area contributed by atoms with E-state index in [4.69, 9.17) is 5.73 Å². The fraction of sp³-hybridized carbons (Fsp3) is 0.625. The fourth-order valence-electron chi connectivity index (χ4n) is 0.900. The van der Waals surface area contributed by atoms with E-state index in [0.717, 1.165) is 0 Å². The van der Waals surface area contributed by atoms with Crippen molar-refractivity contribution < 1.29 is 9.59 Å². The third-order valence-electron chi connectivity index (χ3n) is 1.52. The summed E-state index contributed by atoms with van der Waals surface area (Å²) in [6, 6.07) is -0.549. The van der Waals surface area contributed by atoms with Gasteiger partial charge in [0.2, 0.25) is 11.8 Å². The summed E-state index contributed by atoms with van der Waals surface area (Å²) in [6.07, 6.45) is -0.0274. The third kappa shape index (κ3) is 4.76. The number of amides is 2. The second kappa shape index (κ2) is 5.54. The Morgan fingerprint density at radius 2 is 2.00 bits per heavy atom. The molecule has 0 rings (SSSR count). The van der Waals surface area contributed by atoms with Gasteiger partial charge in [-0.25, -0.2) is 0 Å². The molecule has 0 fully saturated rings. The lowest BCUT2D eigenvalue weighted by Gasteiger charge is -2.17. The SMILES string of the molecule is CC(NC(=O)CC(N)=S)C(=O)N(C)C. The minimum atomic E-state index is -0.549. The predicted octanol–water partition coefficient (Wildman–Crippen LogP) is -0.744. The Morgan fingerprint density at radius 1 is 1.50 bits per heavy atom. The topological polar surface area (TPSA) is 75.4 Å². The standard InChI is InChI=1S/C8H15N3O2S/c1-5(8(13)11(2)3)10-7(12)4-6(9)14/h5H,4H2,1-3H3,(H2,9,14)(H,10,12). The molecule has 14 heavy (non-hydrogen) atoms. The first-order valence-electron chi connectivity index (χ1n) is 4.13. The zero-order chi connectivity index (χ0) is 11.3. The van der Waals surface area contributed by atoms with Crippen LogP contribution in [0.15, 0.2) is 0 Å². The van der Waals surface area contributed by atoms with Gasteiger partial charge < -0.3 is 16.0 Å². The number of thiocarbonyl (C=S) groups is 1. The first-order chi connectivity index (χ1) is 6.34. The number of nitrogens with two attached hydrogens (primary N) is 1. The Hall–Kier alpha value is -1.17. The lowest BCUT2D eigenvalue weighted by Crippen LogP contribution is -2.44. The Bertz CT molecular complexity index is 253. The van der Waals surface area contributed by atoms with E-state index in [2.05, 4.69) is 17.5 Å². The minimum absolute atomic E-state index is 0.0274. The molecule has 0 heterocycles. The van der Waals surface area contributed by atoms with Crippen molar-refractivity contribution in [2.45, 2.75) is 19.4 Å². The summed E-state index contributed by atoms with van der Waals surface area (Å²) >= 11 is 4.56. The zero-order valence-electron chi connectivity index (χ0n) is 8.53. The van der Waals surface area contributed by atoms with Crippen LogP contribution in [-0.2, 0) is 9.59 Å². The van der Waals surface area contributed by atoms with Gasteiger partial charge in [-0.05, 0) is 6.92 Å². The van der Waals surface area contributed by atoms with Gasteiger partial charge in [0, 0.05) is 14.1 Å². The van der Waals surface area contributed by atoms with Crippen LogP contribution in [0.2, 0.25) is 0 Å². The van der Waals surface area contributed by atoms with E-state index in [-0.39, 0.29) is 23.2 Å². The molecule has 0 bridgehead atoms. The first-order valence-corrected chi connectivity index (χ1v) is 4.54. The molecule has 0 aliphatic carbocycles. The summed E-state index contributed by atoms with van der Waals surface area (Å²) in [6.45, 7) is 1.61. The maximum atomic E-state index is 11.3. The molecular formula is C8H15N3O2S. The average Bonchev–Trinajstić information content (AvgIpc) is 2.00. The second-order valence-electron chi connectivity index (χ2n) is 3.16. The highest BCUT2D eigenvalue weighted by Gasteiger charge is 2.16. The van der Waals surface area contributed by atoms with Crippen molar-refractivity contribution in [3.8, 4) is 0 Å². The molecule has 0 aromatic rings. The monoisotopic (exact) mass is 217 g/mol. The molecule has 0 aromatic heterocycles. The molecule has 0 saturated carbocycles. The van der Waals surface area contributed by atoms with E-state index in [1.807, 2.05) is 0 Å². The second-order valence-corrected chi connectivity index (χ2v) is 3.69. The number of nitrogens with zero attached hydrogens (tertiary/aromatic N) is 1. The molecule has 0 aliphatic heterocycles. The van der Waals surface area contributed by atoms with Crippen molar-refractivity contribution in [1.82, 2.24) is 10.2 Å². The quantitative estimate of drug-likeness (QED) is 0.608. The maximum Gasteiger partial charge on any atom is 0.244 e. The van der Waals surface area contributed by atoms with Crippen LogP contribution in [0.5, 0.6) is 0 Å². The number of hydrogen-bond donors (Lipinski definition) is 2. The van der Waals surface area contributed by atoms with Crippen LogP contribution in [-0.4, -0.2) is 41.8 Å². The van der Waals surface area contributed by atoms with Crippen LogP contribution in [0.25, 0.3) is 0 Å². The minimum Gasteiger partial charge on any atom is -0.393 e. The normalized spacial score (nSPS) is 11.6. The van der Waals surface area contributed by atoms with Crippen molar-refractivity contribution in [2.75, 3.05) is 14.1 Å². The van der Waals surface area contributed by atoms with Crippen LogP contribution in [0.1, 0.15) is 13.3 Å². The summed E-state index contributed by atoms with van der Waals surface area (Å²) in [5.74, 6) is -0.499. The molecule has 6 heteroatoms. The molecular weight excluding hydrogens is 202 g/mol. The highest BCUT2D eigenvalue weighted by atomic mass is 32.1. The summed E-state index contributed by atoms with van der Waals surface area (Å²) in [5, 5.41) is 2.49.